The molecule has 1 aliphatic rings. The van der Waals surface area contributed by atoms with Gasteiger partial charge in [0.15, 0.2) is 0 Å². The molecule has 1 unspecified atom stereocenters. The fourth-order valence-electron chi connectivity index (χ4n) is 2.46. The van der Waals surface area contributed by atoms with Crippen LogP contribution in [-0.2, 0) is 4.79 Å². The molecule has 0 aliphatic heterocycles. The number of carbonyl (C=O) groups is 1. The number of nitrogens with two attached hydrogens (primary N) is 1. The minimum atomic E-state index is -0.285. The lowest BCUT2D eigenvalue weighted by Gasteiger charge is -2.32. The van der Waals surface area contributed by atoms with Crippen molar-refractivity contribution < 1.29 is 4.79 Å². The Kier molecular flexibility index (Phi) is 5.81. The zero-order valence-electron chi connectivity index (χ0n) is 10.7. The van der Waals surface area contributed by atoms with Gasteiger partial charge in [-0.15, -0.1) is 0 Å². The van der Waals surface area contributed by atoms with Crippen LogP contribution in [0.3, 0.4) is 0 Å². The van der Waals surface area contributed by atoms with E-state index in [1.165, 1.54) is 19.3 Å². The topological polar surface area (TPSA) is 46.3 Å². The van der Waals surface area contributed by atoms with Crippen molar-refractivity contribution >= 4 is 5.91 Å². The molecule has 1 atom stereocenters. The van der Waals surface area contributed by atoms with Crippen LogP contribution in [0.4, 0.5) is 0 Å². The molecule has 0 spiro atoms. The third kappa shape index (κ3) is 3.78. The van der Waals surface area contributed by atoms with Gasteiger partial charge in [0, 0.05) is 13.1 Å². The van der Waals surface area contributed by atoms with E-state index < -0.39 is 0 Å². The molecule has 16 heavy (non-hydrogen) atoms. The van der Waals surface area contributed by atoms with Gasteiger partial charge in [-0.1, -0.05) is 39.0 Å². The van der Waals surface area contributed by atoms with E-state index in [1.54, 1.807) is 0 Å². The van der Waals surface area contributed by atoms with E-state index in [4.69, 9.17) is 5.73 Å². The first-order chi connectivity index (χ1) is 7.66. The SMILES string of the molecule is CCCCC(N)C(=O)N(C)C1CCCCC1. The normalized spacial score (nSPS) is 19.4. The monoisotopic (exact) mass is 226 g/mol. The number of hydrogen-bond acceptors (Lipinski definition) is 2. The van der Waals surface area contributed by atoms with Gasteiger partial charge in [0.05, 0.1) is 6.04 Å². The van der Waals surface area contributed by atoms with Crippen molar-refractivity contribution in [3.63, 3.8) is 0 Å². The maximum atomic E-state index is 12.0. The summed E-state index contributed by atoms with van der Waals surface area (Å²) in [6.07, 6.45) is 9.12. The predicted molar refractivity (Wildman–Crippen MR) is 67.1 cm³/mol. The van der Waals surface area contributed by atoms with Gasteiger partial charge in [0.1, 0.15) is 0 Å². The molecule has 1 aliphatic carbocycles. The van der Waals surface area contributed by atoms with Gasteiger partial charge in [0.25, 0.3) is 0 Å². The quantitative estimate of drug-likeness (QED) is 0.782. The Bertz CT molecular complexity index is 212. The number of likely N-dealkylation sites (N-methyl/N-ethyl adjacent to an activating group) is 1. The summed E-state index contributed by atoms with van der Waals surface area (Å²) < 4.78 is 0. The van der Waals surface area contributed by atoms with Gasteiger partial charge in [-0.2, -0.15) is 0 Å². The van der Waals surface area contributed by atoms with Gasteiger partial charge in [0.2, 0.25) is 5.91 Å². The molecule has 0 aromatic rings. The minimum Gasteiger partial charge on any atom is -0.341 e. The molecule has 0 heterocycles. The second kappa shape index (κ2) is 6.89. The van der Waals surface area contributed by atoms with Crippen LogP contribution >= 0.6 is 0 Å². The first kappa shape index (κ1) is 13.5. The molecule has 3 nitrogen and oxygen atoms in total. The van der Waals surface area contributed by atoms with E-state index in [0.717, 1.165) is 32.1 Å². The van der Waals surface area contributed by atoms with E-state index >= 15 is 0 Å². The molecule has 0 aromatic carbocycles. The molecule has 0 aromatic heterocycles. The summed E-state index contributed by atoms with van der Waals surface area (Å²) in [4.78, 5) is 14.0. The second-order valence-electron chi connectivity index (χ2n) is 4.99. The van der Waals surface area contributed by atoms with Gasteiger partial charge in [-0.3, -0.25) is 4.79 Å². The number of amides is 1. The molecule has 3 heteroatoms. The van der Waals surface area contributed by atoms with E-state index in [9.17, 15) is 4.79 Å². The summed E-state index contributed by atoms with van der Waals surface area (Å²) in [6.45, 7) is 2.13. The Morgan fingerprint density at radius 3 is 2.56 bits per heavy atom. The summed E-state index contributed by atoms with van der Waals surface area (Å²) >= 11 is 0. The maximum Gasteiger partial charge on any atom is 0.239 e. The van der Waals surface area contributed by atoms with Crippen LogP contribution in [0.25, 0.3) is 0 Å². The largest absolute Gasteiger partial charge is 0.341 e. The molecule has 0 saturated heterocycles. The highest BCUT2D eigenvalue weighted by Crippen LogP contribution is 2.22. The maximum absolute atomic E-state index is 12.0. The second-order valence-corrected chi connectivity index (χ2v) is 4.99. The Morgan fingerprint density at radius 1 is 1.38 bits per heavy atom. The summed E-state index contributed by atoms with van der Waals surface area (Å²) in [7, 11) is 1.92. The van der Waals surface area contributed by atoms with Crippen molar-refractivity contribution in [2.75, 3.05) is 7.05 Å². The van der Waals surface area contributed by atoms with E-state index in [2.05, 4.69) is 6.92 Å². The van der Waals surface area contributed by atoms with E-state index in [1.807, 2.05) is 11.9 Å². The summed E-state index contributed by atoms with van der Waals surface area (Å²) in [6, 6.07) is 0.154. The Labute approximate surface area is 99.4 Å². The van der Waals surface area contributed by atoms with Crippen molar-refractivity contribution in [2.24, 2.45) is 5.73 Å². The molecular weight excluding hydrogens is 200 g/mol. The molecule has 1 rings (SSSR count). The highest BCUT2D eigenvalue weighted by molar-refractivity contribution is 5.81. The highest BCUT2D eigenvalue weighted by atomic mass is 16.2. The van der Waals surface area contributed by atoms with Gasteiger partial charge < -0.3 is 10.6 Å². The van der Waals surface area contributed by atoms with Crippen molar-refractivity contribution in [3.05, 3.63) is 0 Å². The highest BCUT2D eigenvalue weighted by Gasteiger charge is 2.25. The van der Waals surface area contributed by atoms with Crippen LogP contribution in [0.1, 0.15) is 58.3 Å². The number of unbranched alkanes of at least 4 members (excludes halogenated alkanes) is 1. The number of hydrogen-bond donors (Lipinski definition) is 1. The standard InChI is InChI=1S/C13H26N2O/c1-3-4-10-12(14)13(16)15(2)11-8-6-5-7-9-11/h11-12H,3-10,14H2,1-2H3. The lowest BCUT2D eigenvalue weighted by Crippen LogP contribution is -2.47. The molecule has 2 N–H and O–H groups in total. The van der Waals surface area contributed by atoms with Crippen LogP contribution in [0.2, 0.25) is 0 Å². The predicted octanol–water partition coefficient (Wildman–Crippen LogP) is 2.29. The van der Waals surface area contributed by atoms with Gasteiger partial charge in [-0.25, -0.2) is 0 Å². The van der Waals surface area contributed by atoms with E-state index in [-0.39, 0.29) is 11.9 Å². The average Bonchev–Trinajstić information content (AvgIpc) is 2.35. The van der Waals surface area contributed by atoms with Crippen LogP contribution in [0.5, 0.6) is 0 Å². The van der Waals surface area contributed by atoms with Crippen molar-refractivity contribution in [2.45, 2.75) is 70.4 Å². The molecule has 0 radical (unpaired) electrons. The summed E-state index contributed by atoms with van der Waals surface area (Å²) in [5, 5.41) is 0. The van der Waals surface area contributed by atoms with Crippen molar-refractivity contribution in [1.82, 2.24) is 4.90 Å². The molecule has 94 valence electrons. The van der Waals surface area contributed by atoms with E-state index in [0.29, 0.717) is 6.04 Å². The van der Waals surface area contributed by atoms with Crippen molar-refractivity contribution in [1.29, 1.82) is 0 Å². The summed E-state index contributed by atoms with van der Waals surface area (Å²) in [5.41, 5.74) is 5.92. The van der Waals surface area contributed by atoms with Crippen LogP contribution in [0.15, 0.2) is 0 Å². The fraction of sp³-hybridized carbons (Fsp3) is 0.923. The van der Waals surface area contributed by atoms with Crippen LogP contribution in [-0.4, -0.2) is 29.9 Å². The Hall–Kier alpha value is -0.570. The van der Waals surface area contributed by atoms with Crippen LogP contribution in [0, 0.1) is 0 Å². The molecule has 0 bridgehead atoms. The molecular formula is C13H26N2O. The number of rotatable bonds is 5. The Balaban J connectivity index is 2.38. The lowest BCUT2D eigenvalue weighted by molar-refractivity contribution is -0.134. The van der Waals surface area contributed by atoms with Gasteiger partial charge in [-0.05, 0) is 19.3 Å². The zero-order chi connectivity index (χ0) is 12.0. The zero-order valence-corrected chi connectivity index (χ0v) is 10.7. The lowest BCUT2D eigenvalue weighted by atomic mass is 9.94. The number of carbonyl (C=O) groups excluding carboxylic acids is 1. The molecule has 1 amide bonds. The summed E-state index contributed by atoms with van der Waals surface area (Å²) in [5.74, 6) is 0.139. The molecule has 1 fully saturated rings. The smallest absolute Gasteiger partial charge is 0.239 e. The first-order valence-electron chi connectivity index (χ1n) is 6.69. The first-order valence-corrected chi connectivity index (χ1v) is 6.69. The third-order valence-electron chi connectivity index (χ3n) is 3.66. The number of nitrogens with zero attached hydrogens (tertiary/aromatic N) is 1. The Morgan fingerprint density at radius 2 is 2.00 bits per heavy atom. The average molecular weight is 226 g/mol. The van der Waals surface area contributed by atoms with Crippen molar-refractivity contribution in [3.8, 4) is 0 Å². The molecule has 1 saturated carbocycles. The minimum absolute atomic E-state index is 0.139. The fourth-order valence-corrected chi connectivity index (χ4v) is 2.46. The van der Waals surface area contributed by atoms with Gasteiger partial charge >= 0.3 is 0 Å². The third-order valence-corrected chi connectivity index (χ3v) is 3.66. The van der Waals surface area contributed by atoms with Crippen LogP contribution < -0.4 is 5.73 Å².